The van der Waals surface area contributed by atoms with Crippen LogP contribution < -0.4 is 0 Å². The molecule has 0 aliphatic rings. The maximum Gasteiger partial charge on any atom is 0.269 e. The van der Waals surface area contributed by atoms with Crippen LogP contribution in [0.4, 0.5) is 5.69 Å². The largest absolute Gasteiger partial charge is 0.388 e. The molecule has 22 heavy (non-hydrogen) atoms. The standard InChI is InChI=1S/C18H17NO3/c20-18(16-8-4-2-5-9-16)10-6-1-3-7-15-11-13-17(14-12-15)19(21)22/h2,4-5,8-9,11-14,18,20H,1,6,10H2/t18-/m0/s1. The quantitative estimate of drug-likeness (QED) is 0.394. The van der Waals surface area contributed by atoms with Crippen LogP contribution in [0.5, 0.6) is 0 Å². The van der Waals surface area contributed by atoms with E-state index in [2.05, 4.69) is 11.8 Å². The number of aliphatic hydroxyl groups excluding tert-OH is 1. The Morgan fingerprint density at radius 3 is 2.41 bits per heavy atom. The SMILES string of the molecule is O=[N+]([O-])c1ccc(C#CCCC[C@H](O)c2ccccc2)cc1. The van der Waals surface area contributed by atoms with Crippen molar-refractivity contribution in [1.82, 2.24) is 0 Å². The molecule has 0 fully saturated rings. The van der Waals surface area contributed by atoms with Crippen LogP contribution in [-0.2, 0) is 0 Å². The average Bonchev–Trinajstić information content (AvgIpc) is 2.55. The summed E-state index contributed by atoms with van der Waals surface area (Å²) in [5.41, 5.74) is 1.75. The molecular formula is C18H17NO3. The molecule has 2 aromatic carbocycles. The Bertz CT molecular complexity index is 669. The Labute approximate surface area is 129 Å². The molecule has 1 N–H and O–H groups in total. The monoisotopic (exact) mass is 295 g/mol. The topological polar surface area (TPSA) is 63.4 Å². The molecule has 0 unspecified atom stereocenters. The van der Waals surface area contributed by atoms with E-state index in [0.29, 0.717) is 12.8 Å². The molecule has 2 aromatic rings. The molecule has 0 bridgehead atoms. The number of non-ortho nitro benzene ring substituents is 1. The lowest BCUT2D eigenvalue weighted by Crippen LogP contribution is -1.96. The second-order valence-corrected chi connectivity index (χ2v) is 4.92. The third kappa shape index (κ3) is 4.72. The zero-order valence-electron chi connectivity index (χ0n) is 12.1. The van der Waals surface area contributed by atoms with Gasteiger partial charge < -0.3 is 5.11 Å². The highest BCUT2D eigenvalue weighted by atomic mass is 16.6. The molecule has 0 spiro atoms. The van der Waals surface area contributed by atoms with Crippen molar-refractivity contribution in [2.75, 3.05) is 0 Å². The smallest absolute Gasteiger partial charge is 0.269 e. The van der Waals surface area contributed by atoms with Crippen LogP contribution in [0.15, 0.2) is 54.6 Å². The molecule has 4 nitrogen and oxygen atoms in total. The van der Waals surface area contributed by atoms with E-state index in [1.165, 1.54) is 12.1 Å². The summed E-state index contributed by atoms with van der Waals surface area (Å²) < 4.78 is 0. The van der Waals surface area contributed by atoms with Gasteiger partial charge in [0.15, 0.2) is 0 Å². The van der Waals surface area contributed by atoms with Crippen molar-refractivity contribution >= 4 is 5.69 Å². The molecule has 0 radical (unpaired) electrons. The van der Waals surface area contributed by atoms with Crippen LogP contribution in [-0.4, -0.2) is 10.0 Å². The number of rotatable bonds is 5. The third-order valence-electron chi connectivity index (χ3n) is 3.27. The lowest BCUT2D eigenvalue weighted by Gasteiger charge is -2.09. The van der Waals surface area contributed by atoms with Gasteiger partial charge in [0.2, 0.25) is 0 Å². The van der Waals surface area contributed by atoms with Gasteiger partial charge in [-0.2, -0.15) is 0 Å². The van der Waals surface area contributed by atoms with Crippen molar-refractivity contribution in [2.45, 2.75) is 25.4 Å². The summed E-state index contributed by atoms with van der Waals surface area (Å²) in [5, 5.41) is 20.5. The zero-order chi connectivity index (χ0) is 15.8. The van der Waals surface area contributed by atoms with Crippen LogP contribution >= 0.6 is 0 Å². The lowest BCUT2D eigenvalue weighted by molar-refractivity contribution is -0.384. The van der Waals surface area contributed by atoms with Gasteiger partial charge in [0.05, 0.1) is 11.0 Å². The number of hydrogen-bond acceptors (Lipinski definition) is 3. The van der Waals surface area contributed by atoms with Gasteiger partial charge in [-0.15, -0.1) is 0 Å². The summed E-state index contributed by atoms with van der Waals surface area (Å²) >= 11 is 0. The summed E-state index contributed by atoms with van der Waals surface area (Å²) in [6, 6.07) is 15.7. The van der Waals surface area contributed by atoms with Crippen LogP contribution in [0.2, 0.25) is 0 Å². The minimum Gasteiger partial charge on any atom is -0.388 e. The molecular weight excluding hydrogens is 278 g/mol. The minimum atomic E-state index is -0.456. The number of nitrogens with zero attached hydrogens (tertiary/aromatic N) is 1. The van der Waals surface area contributed by atoms with Gasteiger partial charge in [0.1, 0.15) is 0 Å². The molecule has 112 valence electrons. The molecule has 0 aliphatic heterocycles. The number of nitro benzene ring substituents is 1. The average molecular weight is 295 g/mol. The minimum absolute atomic E-state index is 0.0662. The number of hydrogen-bond donors (Lipinski definition) is 1. The fourth-order valence-corrected chi connectivity index (χ4v) is 2.06. The van der Waals surface area contributed by atoms with Gasteiger partial charge >= 0.3 is 0 Å². The Hall–Kier alpha value is -2.64. The molecule has 2 rings (SSSR count). The molecule has 0 saturated carbocycles. The van der Waals surface area contributed by atoms with Crippen molar-refractivity contribution in [3.8, 4) is 11.8 Å². The number of nitro groups is 1. The van der Waals surface area contributed by atoms with E-state index in [0.717, 1.165) is 17.5 Å². The van der Waals surface area contributed by atoms with Crippen LogP contribution in [0.3, 0.4) is 0 Å². The molecule has 1 atom stereocenters. The van der Waals surface area contributed by atoms with Crippen LogP contribution in [0, 0.1) is 22.0 Å². The van der Waals surface area contributed by atoms with Gasteiger partial charge in [0.25, 0.3) is 5.69 Å². The highest BCUT2D eigenvalue weighted by Gasteiger charge is 2.05. The lowest BCUT2D eigenvalue weighted by atomic mass is 10.0. The summed E-state index contributed by atoms with van der Waals surface area (Å²) in [4.78, 5) is 10.1. The van der Waals surface area contributed by atoms with Crippen LogP contribution in [0.1, 0.15) is 36.5 Å². The van der Waals surface area contributed by atoms with Crippen molar-refractivity contribution in [2.24, 2.45) is 0 Å². The number of aliphatic hydroxyl groups is 1. The first-order valence-corrected chi connectivity index (χ1v) is 7.13. The number of unbranched alkanes of at least 4 members (excludes halogenated alkanes) is 1. The predicted molar refractivity (Wildman–Crippen MR) is 85.2 cm³/mol. The van der Waals surface area contributed by atoms with E-state index in [1.54, 1.807) is 12.1 Å². The summed E-state index contributed by atoms with van der Waals surface area (Å²) in [7, 11) is 0. The zero-order valence-corrected chi connectivity index (χ0v) is 12.1. The maximum absolute atomic E-state index is 10.5. The summed E-state index contributed by atoms with van der Waals surface area (Å²) in [6.45, 7) is 0. The van der Waals surface area contributed by atoms with E-state index < -0.39 is 11.0 Å². The van der Waals surface area contributed by atoms with E-state index >= 15 is 0 Å². The molecule has 0 aliphatic carbocycles. The maximum atomic E-state index is 10.5. The molecule has 0 aromatic heterocycles. The molecule has 0 amide bonds. The Morgan fingerprint density at radius 2 is 1.77 bits per heavy atom. The van der Waals surface area contributed by atoms with Gasteiger partial charge in [-0.25, -0.2) is 0 Å². The highest BCUT2D eigenvalue weighted by Crippen LogP contribution is 2.18. The first-order valence-electron chi connectivity index (χ1n) is 7.13. The Morgan fingerprint density at radius 1 is 1.09 bits per heavy atom. The Kier molecular flexibility index (Phi) is 5.70. The summed E-state index contributed by atoms with van der Waals surface area (Å²) in [5.74, 6) is 6.00. The van der Waals surface area contributed by atoms with E-state index in [1.807, 2.05) is 30.3 Å². The van der Waals surface area contributed by atoms with Gasteiger partial charge in [-0.1, -0.05) is 42.2 Å². The summed E-state index contributed by atoms with van der Waals surface area (Å²) in [6.07, 6.45) is 1.69. The normalized spacial score (nSPS) is 11.3. The fraction of sp³-hybridized carbons (Fsp3) is 0.222. The van der Waals surface area contributed by atoms with E-state index in [-0.39, 0.29) is 5.69 Å². The van der Waals surface area contributed by atoms with Crippen molar-refractivity contribution in [3.05, 3.63) is 75.8 Å². The van der Waals surface area contributed by atoms with Crippen molar-refractivity contribution in [3.63, 3.8) is 0 Å². The highest BCUT2D eigenvalue weighted by molar-refractivity contribution is 5.40. The van der Waals surface area contributed by atoms with Gasteiger partial charge in [-0.05, 0) is 30.5 Å². The van der Waals surface area contributed by atoms with Crippen LogP contribution in [0.25, 0.3) is 0 Å². The van der Waals surface area contributed by atoms with Gasteiger partial charge in [-0.3, -0.25) is 10.1 Å². The molecule has 0 saturated heterocycles. The Balaban J connectivity index is 1.78. The first kappa shape index (κ1) is 15.7. The fourth-order valence-electron chi connectivity index (χ4n) is 2.06. The van der Waals surface area contributed by atoms with Crippen molar-refractivity contribution in [1.29, 1.82) is 0 Å². The third-order valence-corrected chi connectivity index (χ3v) is 3.27. The van der Waals surface area contributed by atoms with Crippen molar-refractivity contribution < 1.29 is 10.0 Å². The second kappa shape index (κ2) is 7.96. The predicted octanol–water partition coefficient (Wildman–Crippen LogP) is 3.85. The molecule has 0 heterocycles. The van der Waals surface area contributed by atoms with Gasteiger partial charge in [0, 0.05) is 24.1 Å². The molecule has 4 heteroatoms. The van der Waals surface area contributed by atoms with E-state index in [9.17, 15) is 15.2 Å². The number of benzene rings is 2. The van der Waals surface area contributed by atoms with E-state index in [4.69, 9.17) is 0 Å². The first-order chi connectivity index (χ1) is 10.7. The second-order valence-electron chi connectivity index (χ2n) is 4.92.